The molecule has 23 heavy (non-hydrogen) atoms. The van der Waals surface area contributed by atoms with E-state index in [0.717, 1.165) is 12.0 Å². The Morgan fingerprint density at radius 1 is 1.22 bits per heavy atom. The minimum atomic E-state index is -0.527. The van der Waals surface area contributed by atoms with Crippen LogP contribution >= 0.6 is 0 Å². The Bertz CT molecular complexity index is 509. The zero-order valence-corrected chi connectivity index (χ0v) is 14.8. The van der Waals surface area contributed by atoms with Crippen molar-refractivity contribution in [3.05, 3.63) is 35.9 Å². The highest BCUT2D eigenvalue weighted by Gasteiger charge is 2.19. The van der Waals surface area contributed by atoms with Crippen LogP contribution in [0.15, 0.2) is 30.3 Å². The molecule has 1 aromatic rings. The van der Waals surface area contributed by atoms with Gasteiger partial charge in [0.15, 0.2) is 0 Å². The first-order valence-corrected chi connectivity index (χ1v) is 7.95. The highest BCUT2D eigenvalue weighted by molar-refractivity contribution is 5.76. The van der Waals surface area contributed by atoms with E-state index >= 15 is 0 Å². The summed E-state index contributed by atoms with van der Waals surface area (Å²) in [7, 11) is 1.75. The Kier molecular flexibility index (Phi) is 7.07. The van der Waals surface area contributed by atoms with Gasteiger partial charge in [0.05, 0.1) is 0 Å². The topological polar surface area (TPSA) is 58.6 Å². The van der Waals surface area contributed by atoms with E-state index in [2.05, 4.69) is 5.32 Å². The third kappa shape index (κ3) is 8.24. The van der Waals surface area contributed by atoms with Crippen molar-refractivity contribution in [1.82, 2.24) is 10.2 Å². The highest BCUT2D eigenvalue weighted by Crippen LogP contribution is 2.07. The van der Waals surface area contributed by atoms with Gasteiger partial charge >= 0.3 is 6.09 Å². The number of alkyl carbamates (subject to hydrolysis) is 1. The van der Waals surface area contributed by atoms with E-state index < -0.39 is 11.7 Å². The number of hydrogen-bond donors (Lipinski definition) is 1. The average molecular weight is 320 g/mol. The van der Waals surface area contributed by atoms with Crippen LogP contribution in [0.2, 0.25) is 0 Å². The molecule has 0 fully saturated rings. The summed E-state index contributed by atoms with van der Waals surface area (Å²) in [5.41, 5.74) is 0.621. The summed E-state index contributed by atoms with van der Waals surface area (Å²) >= 11 is 0. The predicted molar refractivity (Wildman–Crippen MR) is 91.2 cm³/mol. The first-order valence-electron chi connectivity index (χ1n) is 7.95. The number of carbonyl (C=O) groups excluding carboxylic acids is 2. The van der Waals surface area contributed by atoms with Crippen LogP contribution in [-0.2, 0) is 16.0 Å². The summed E-state index contributed by atoms with van der Waals surface area (Å²) in [4.78, 5) is 25.5. The quantitative estimate of drug-likeness (QED) is 0.876. The Balaban J connectivity index is 2.35. The monoisotopic (exact) mass is 320 g/mol. The number of ether oxygens (including phenoxy) is 1. The van der Waals surface area contributed by atoms with Crippen molar-refractivity contribution in [3.63, 3.8) is 0 Å². The molecular weight excluding hydrogens is 292 g/mol. The lowest BCUT2D eigenvalue weighted by Gasteiger charge is -2.25. The summed E-state index contributed by atoms with van der Waals surface area (Å²) < 4.78 is 5.20. The molecule has 0 bridgehead atoms. The molecule has 0 heterocycles. The van der Waals surface area contributed by atoms with Gasteiger partial charge in [-0.05, 0) is 39.7 Å². The fraction of sp³-hybridized carbons (Fsp3) is 0.556. The Morgan fingerprint density at radius 3 is 2.39 bits per heavy atom. The van der Waals surface area contributed by atoms with Crippen molar-refractivity contribution in [3.8, 4) is 0 Å². The third-order valence-corrected chi connectivity index (χ3v) is 3.21. The van der Waals surface area contributed by atoms with Crippen LogP contribution < -0.4 is 5.32 Å². The van der Waals surface area contributed by atoms with E-state index in [1.807, 2.05) is 58.0 Å². The van der Waals surface area contributed by atoms with Crippen molar-refractivity contribution in [2.24, 2.45) is 0 Å². The van der Waals surface area contributed by atoms with Gasteiger partial charge in [-0.1, -0.05) is 30.3 Å². The van der Waals surface area contributed by atoms with Gasteiger partial charge in [0.1, 0.15) is 5.60 Å². The van der Waals surface area contributed by atoms with Gasteiger partial charge in [-0.25, -0.2) is 4.79 Å². The lowest BCUT2D eigenvalue weighted by molar-refractivity contribution is -0.130. The van der Waals surface area contributed by atoms with E-state index in [-0.39, 0.29) is 11.9 Å². The fourth-order valence-electron chi connectivity index (χ4n) is 2.15. The molecule has 0 saturated heterocycles. The van der Waals surface area contributed by atoms with Crippen LogP contribution in [0, 0.1) is 0 Å². The molecule has 5 heteroatoms. The first kappa shape index (κ1) is 19.0. The molecule has 1 aromatic carbocycles. The number of nitrogens with zero attached hydrogens (tertiary/aromatic N) is 1. The minimum absolute atomic E-state index is 0.0618. The molecule has 128 valence electrons. The number of likely N-dealkylation sites (N-methyl/N-ethyl adjacent to an activating group) is 1. The number of rotatable bonds is 6. The van der Waals surface area contributed by atoms with Gasteiger partial charge in [-0.3, -0.25) is 4.79 Å². The predicted octanol–water partition coefficient (Wildman–Crippen LogP) is 2.99. The third-order valence-electron chi connectivity index (χ3n) is 3.21. The number of aryl methyl sites for hydroxylation is 1. The largest absolute Gasteiger partial charge is 0.444 e. The van der Waals surface area contributed by atoms with E-state index in [1.165, 1.54) is 0 Å². The highest BCUT2D eigenvalue weighted by atomic mass is 16.6. The van der Waals surface area contributed by atoms with Gasteiger partial charge in [0.25, 0.3) is 0 Å². The van der Waals surface area contributed by atoms with Gasteiger partial charge < -0.3 is 15.0 Å². The summed E-state index contributed by atoms with van der Waals surface area (Å²) in [6, 6.07) is 9.75. The second kappa shape index (κ2) is 8.56. The van der Waals surface area contributed by atoms with Gasteiger partial charge in [-0.15, -0.1) is 0 Å². The molecule has 0 unspecified atom stereocenters. The molecule has 2 amide bonds. The number of amides is 2. The second-order valence-electron chi connectivity index (χ2n) is 6.81. The van der Waals surface area contributed by atoms with Crippen LogP contribution in [0.1, 0.15) is 39.7 Å². The van der Waals surface area contributed by atoms with E-state index in [9.17, 15) is 9.59 Å². The number of benzene rings is 1. The zero-order valence-electron chi connectivity index (χ0n) is 14.8. The molecule has 1 N–H and O–H groups in total. The molecular formula is C18H28N2O3. The maximum absolute atomic E-state index is 12.1. The molecule has 0 saturated carbocycles. The summed E-state index contributed by atoms with van der Waals surface area (Å²) in [5, 5.41) is 2.74. The molecule has 5 nitrogen and oxygen atoms in total. The van der Waals surface area contributed by atoms with Gasteiger partial charge in [0.2, 0.25) is 5.91 Å². The van der Waals surface area contributed by atoms with E-state index in [0.29, 0.717) is 13.0 Å². The van der Waals surface area contributed by atoms with Crippen molar-refractivity contribution < 1.29 is 14.3 Å². The van der Waals surface area contributed by atoms with Crippen LogP contribution in [0.25, 0.3) is 0 Å². The smallest absolute Gasteiger partial charge is 0.407 e. The lowest BCUT2D eigenvalue weighted by Crippen LogP contribution is -2.44. The summed E-state index contributed by atoms with van der Waals surface area (Å²) in [6.07, 6.45) is 0.715. The van der Waals surface area contributed by atoms with E-state index in [1.54, 1.807) is 11.9 Å². The molecule has 0 spiro atoms. The summed E-state index contributed by atoms with van der Waals surface area (Å²) in [5.74, 6) is 0.0618. The average Bonchev–Trinajstić information content (AvgIpc) is 2.43. The molecule has 1 rings (SSSR count). The molecule has 0 aromatic heterocycles. The van der Waals surface area contributed by atoms with Crippen LogP contribution in [0.5, 0.6) is 0 Å². The van der Waals surface area contributed by atoms with Crippen molar-refractivity contribution in [2.75, 3.05) is 13.6 Å². The number of nitrogens with one attached hydrogen (secondary N) is 1. The van der Waals surface area contributed by atoms with E-state index in [4.69, 9.17) is 4.74 Å². The number of hydrogen-bond acceptors (Lipinski definition) is 3. The summed E-state index contributed by atoms with van der Waals surface area (Å²) in [6.45, 7) is 7.75. The SMILES string of the molecule is C[C@@H](CN(C)C(=O)CCc1ccccc1)NC(=O)OC(C)(C)C. The van der Waals surface area contributed by atoms with Crippen LogP contribution in [0.4, 0.5) is 4.79 Å². The molecule has 1 atom stereocenters. The normalized spacial score (nSPS) is 12.4. The lowest BCUT2D eigenvalue weighted by atomic mass is 10.1. The standard InChI is InChI=1S/C18H28N2O3/c1-14(19-17(22)23-18(2,3)4)13-20(5)16(21)12-11-15-9-7-6-8-10-15/h6-10,14H,11-13H2,1-5H3,(H,19,22)/t14-/m0/s1. The maximum atomic E-state index is 12.1. The van der Waals surface area contributed by atoms with Crippen LogP contribution in [0.3, 0.4) is 0 Å². The zero-order chi connectivity index (χ0) is 17.5. The maximum Gasteiger partial charge on any atom is 0.407 e. The minimum Gasteiger partial charge on any atom is -0.444 e. The first-order chi connectivity index (χ1) is 10.7. The Labute approximate surface area is 139 Å². The Morgan fingerprint density at radius 2 is 1.83 bits per heavy atom. The van der Waals surface area contributed by atoms with Crippen LogP contribution in [-0.4, -0.2) is 42.1 Å². The number of carbonyl (C=O) groups is 2. The molecule has 0 radical (unpaired) electrons. The Hall–Kier alpha value is -2.04. The van der Waals surface area contributed by atoms with Gasteiger partial charge in [0, 0.05) is 26.1 Å². The molecule has 0 aliphatic carbocycles. The van der Waals surface area contributed by atoms with Gasteiger partial charge in [-0.2, -0.15) is 0 Å². The van der Waals surface area contributed by atoms with Crippen molar-refractivity contribution in [2.45, 2.75) is 52.2 Å². The van der Waals surface area contributed by atoms with Crippen molar-refractivity contribution in [1.29, 1.82) is 0 Å². The second-order valence-corrected chi connectivity index (χ2v) is 6.81. The molecule has 0 aliphatic rings. The van der Waals surface area contributed by atoms with Crippen molar-refractivity contribution >= 4 is 12.0 Å². The molecule has 0 aliphatic heterocycles. The fourth-order valence-corrected chi connectivity index (χ4v) is 2.15.